The van der Waals surface area contributed by atoms with Crippen molar-refractivity contribution in [2.45, 2.75) is 50.9 Å². The van der Waals surface area contributed by atoms with Crippen LogP contribution in [0.3, 0.4) is 0 Å². The molecule has 2 aliphatic carbocycles. The Morgan fingerprint density at radius 3 is 1.42 bits per heavy atom. The summed E-state index contributed by atoms with van der Waals surface area (Å²) in [4.78, 5) is 31.9. The molecule has 2 aromatic heterocycles. The molecular weight excluding hydrogens is 664 g/mol. The molecule has 270 valence electrons. The standard InChI is InChI=1S/C40H42N4O8/c1-51-37-25(19-41-35(21-45)39(47)48)9-13-27(43-37)17-23-11-15-33-29(23)5-3-7-31(33)32-8-4-6-30-24(12-16-34(30)32)18-28-14-10-26(38(44-28)52-2)20-42-36(22-46)40(49)50/h3-10,13-14,17-18,35-36,41-42,45-46H,11-12,15-16,19-22H2,1-2H3,(H,47,48)(H,49,50)/b23-17+,24-18+/t35-,36-/m1/s1. The number of methoxy groups -OCH3 is 2. The van der Waals surface area contributed by atoms with Crippen molar-refractivity contribution in [1.82, 2.24) is 20.6 Å². The number of nitrogens with zero attached hydrogens (tertiary/aromatic N) is 2. The molecule has 12 heteroatoms. The lowest BCUT2D eigenvalue weighted by Crippen LogP contribution is -2.39. The number of fused-ring (bicyclic) bond motifs is 2. The van der Waals surface area contributed by atoms with Crippen LogP contribution in [0.1, 0.15) is 57.6 Å². The summed E-state index contributed by atoms with van der Waals surface area (Å²) in [6, 6.07) is 18.3. The molecule has 12 nitrogen and oxygen atoms in total. The number of hydrogen-bond donors (Lipinski definition) is 6. The largest absolute Gasteiger partial charge is 0.481 e. The highest BCUT2D eigenvalue weighted by atomic mass is 16.5. The van der Waals surface area contributed by atoms with Gasteiger partial charge in [0.05, 0.1) is 38.8 Å². The van der Waals surface area contributed by atoms with Crippen LogP contribution in [0.15, 0.2) is 60.7 Å². The zero-order chi connectivity index (χ0) is 36.8. The van der Waals surface area contributed by atoms with E-state index in [1.165, 1.54) is 58.7 Å². The molecule has 0 unspecified atom stereocenters. The first-order chi connectivity index (χ1) is 25.2. The van der Waals surface area contributed by atoms with E-state index in [2.05, 4.69) is 69.2 Å². The lowest BCUT2D eigenvalue weighted by Gasteiger charge is -2.14. The number of allylic oxidation sites excluding steroid dienone is 2. The fraction of sp³-hybridized carbons (Fsp3) is 0.300. The maximum Gasteiger partial charge on any atom is 0.323 e. The normalized spacial score (nSPS) is 16.1. The number of aliphatic carboxylic acids is 2. The highest BCUT2D eigenvalue weighted by Gasteiger charge is 2.25. The number of carboxylic acid groups (broad SMARTS) is 2. The summed E-state index contributed by atoms with van der Waals surface area (Å²) in [6.45, 7) is -0.666. The average molecular weight is 707 g/mol. The number of rotatable bonds is 15. The Hall–Kier alpha value is -5.40. The van der Waals surface area contributed by atoms with Crippen molar-refractivity contribution in [3.8, 4) is 22.9 Å². The molecule has 0 amide bonds. The molecule has 0 bridgehead atoms. The first kappa shape index (κ1) is 36.4. The van der Waals surface area contributed by atoms with Gasteiger partial charge in [-0.15, -0.1) is 0 Å². The third-order valence-electron chi connectivity index (χ3n) is 9.61. The minimum absolute atomic E-state index is 0.187. The van der Waals surface area contributed by atoms with Gasteiger partial charge in [0.25, 0.3) is 0 Å². The van der Waals surface area contributed by atoms with E-state index in [-0.39, 0.29) is 13.1 Å². The van der Waals surface area contributed by atoms with Crippen LogP contribution in [0.5, 0.6) is 11.8 Å². The summed E-state index contributed by atoms with van der Waals surface area (Å²) in [5.41, 5.74) is 12.7. The van der Waals surface area contributed by atoms with E-state index in [9.17, 15) is 30.0 Å². The van der Waals surface area contributed by atoms with Gasteiger partial charge in [0, 0.05) is 24.2 Å². The number of nitrogens with one attached hydrogen (secondary N) is 2. The first-order valence-corrected chi connectivity index (χ1v) is 17.1. The lowest BCUT2D eigenvalue weighted by molar-refractivity contribution is -0.141. The maximum absolute atomic E-state index is 11.3. The number of aromatic nitrogens is 2. The van der Waals surface area contributed by atoms with E-state index in [1.807, 2.05) is 24.3 Å². The van der Waals surface area contributed by atoms with E-state index < -0.39 is 37.2 Å². The number of aliphatic hydroxyl groups excluding tert-OH is 2. The van der Waals surface area contributed by atoms with E-state index in [0.717, 1.165) is 37.1 Å². The number of carbonyl (C=O) groups is 2. The van der Waals surface area contributed by atoms with Crippen molar-refractivity contribution < 1.29 is 39.5 Å². The monoisotopic (exact) mass is 706 g/mol. The van der Waals surface area contributed by atoms with Crippen LogP contribution in [0, 0.1) is 0 Å². The molecule has 2 heterocycles. The van der Waals surface area contributed by atoms with Gasteiger partial charge in [-0.3, -0.25) is 20.2 Å². The van der Waals surface area contributed by atoms with Gasteiger partial charge in [-0.1, -0.05) is 48.5 Å². The van der Waals surface area contributed by atoms with Gasteiger partial charge in [0.2, 0.25) is 11.8 Å². The Morgan fingerprint density at radius 1 is 0.654 bits per heavy atom. The quantitative estimate of drug-likeness (QED) is 0.104. The summed E-state index contributed by atoms with van der Waals surface area (Å²) in [5, 5.41) is 42.8. The minimum Gasteiger partial charge on any atom is -0.481 e. The molecule has 6 rings (SSSR count). The Bertz CT molecular complexity index is 1900. The molecule has 0 saturated carbocycles. The molecule has 0 saturated heterocycles. The second-order valence-electron chi connectivity index (χ2n) is 12.7. The first-order valence-electron chi connectivity index (χ1n) is 17.1. The number of ether oxygens (including phenoxy) is 2. The van der Waals surface area contributed by atoms with E-state index >= 15 is 0 Å². The van der Waals surface area contributed by atoms with Crippen LogP contribution in [0.4, 0.5) is 0 Å². The van der Waals surface area contributed by atoms with Crippen LogP contribution >= 0.6 is 0 Å². The maximum atomic E-state index is 11.3. The SMILES string of the molecule is COc1nc(/C=C2\CCc3c2cccc3-c2cccc3c2CC/C3=C\c2ccc(CN[C@H](CO)C(=O)O)c(OC)n2)ccc1CN[C@H](CO)C(=O)O. The molecule has 2 aliphatic rings. The molecule has 0 fully saturated rings. The van der Waals surface area contributed by atoms with Crippen LogP contribution in [-0.4, -0.2) is 81.8 Å². The van der Waals surface area contributed by atoms with Gasteiger partial charge in [-0.05, 0) is 94.5 Å². The summed E-state index contributed by atoms with van der Waals surface area (Å²) < 4.78 is 11.0. The number of aliphatic hydroxyl groups is 2. The molecule has 0 aliphatic heterocycles. The van der Waals surface area contributed by atoms with Gasteiger partial charge in [-0.25, -0.2) is 9.97 Å². The number of benzene rings is 2. The summed E-state index contributed by atoms with van der Waals surface area (Å²) >= 11 is 0. The van der Waals surface area contributed by atoms with Gasteiger partial charge >= 0.3 is 11.9 Å². The molecule has 0 radical (unpaired) electrons. The van der Waals surface area contributed by atoms with Crippen LogP contribution in [0.2, 0.25) is 0 Å². The highest BCUT2D eigenvalue weighted by molar-refractivity contribution is 5.92. The van der Waals surface area contributed by atoms with Crippen molar-refractivity contribution in [2.24, 2.45) is 0 Å². The van der Waals surface area contributed by atoms with Crippen molar-refractivity contribution >= 4 is 35.2 Å². The molecular formula is C40H42N4O8. The van der Waals surface area contributed by atoms with Crippen molar-refractivity contribution in [3.63, 3.8) is 0 Å². The Labute approximate surface area is 301 Å². The Morgan fingerprint density at radius 2 is 1.06 bits per heavy atom. The second-order valence-corrected chi connectivity index (χ2v) is 12.7. The Kier molecular flexibility index (Phi) is 11.4. The summed E-state index contributed by atoms with van der Waals surface area (Å²) in [7, 11) is 3.06. The smallest absolute Gasteiger partial charge is 0.323 e. The van der Waals surface area contributed by atoms with Gasteiger partial charge in [0.15, 0.2) is 0 Å². The third-order valence-corrected chi connectivity index (χ3v) is 9.61. The predicted octanol–water partition coefficient (Wildman–Crippen LogP) is 4.20. The molecule has 6 N–H and O–H groups in total. The minimum atomic E-state index is -1.13. The fourth-order valence-corrected chi connectivity index (χ4v) is 6.94. The third kappa shape index (κ3) is 7.75. The van der Waals surface area contributed by atoms with Crippen molar-refractivity contribution in [2.75, 3.05) is 27.4 Å². The fourth-order valence-electron chi connectivity index (χ4n) is 6.94. The van der Waals surface area contributed by atoms with Gasteiger partial charge in [0.1, 0.15) is 12.1 Å². The van der Waals surface area contributed by atoms with Gasteiger partial charge < -0.3 is 29.9 Å². The topological polar surface area (TPSA) is 183 Å². The van der Waals surface area contributed by atoms with Crippen LogP contribution in [0.25, 0.3) is 34.4 Å². The second kappa shape index (κ2) is 16.3. The van der Waals surface area contributed by atoms with Gasteiger partial charge in [-0.2, -0.15) is 0 Å². The molecule has 52 heavy (non-hydrogen) atoms. The van der Waals surface area contributed by atoms with Crippen LogP contribution in [-0.2, 0) is 35.5 Å². The summed E-state index contributed by atoms with van der Waals surface area (Å²) in [6.07, 6.45) is 7.70. The molecule has 0 spiro atoms. The summed E-state index contributed by atoms with van der Waals surface area (Å²) in [5.74, 6) is -1.46. The number of hydrogen-bond acceptors (Lipinski definition) is 10. The van der Waals surface area contributed by atoms with Crippen LogP contribution < -0.4 is 20.1 Å². The number of carboxylic acids is 2. The molecule has 2 atom stereocenters. The highest BCUT2D eigenvalue weighted by Crippen LogP contribution is 2.44. The molecule has 2 aromatic carbocycles. The number of pyridine rings is 2. The zero-order valence-electron chi connectivity index (χ0n) is 29.1. The lowest BCUT2D eigenvalue weighted by atomic mass is 9.91. The van der Waals surface area contributed by atoms with Crippen molar-refractivity contribution in [1.29, 1.82) is 0 Å². The van der Waals surface area contributed by atoms with E-state index in [1.54, 1.807) is 0 Å². The Balaban J connectivity index is 1.24. The molecule has 4 aromatic rings. The predicted molar refractivity (Wildman–Crippen MR) is 197 cm³/mol. The zero-order valence-corrected chi connectivity index (χ0v) is 29.1. The van der Waals surface area contributed by atoms with Crippen molar-refractivity contribution in [3.05, 3.63) is 105 Å². The average Bonchev–Trinajstić information content (AvgIpc) is 3.76. The van der Waals surface area contributed by atoms with E-state index in [0.29, 0.717) is 22.9 Å². The van der Waals surface area contributed by atoms with E-state index in [4.69, 9.17) is 9.47 Å².